The molecule has 3 heteroatoms. The molecule has 2 rings (SSSR count). The molecule has 3 atom stereocenters. The fraction of sp³-hybridized carbons (Fsp3) is 0.846. The van der Waals surface area contributed by atoms with Crippen molar-refractivity contribution in [3.63, 3.8) is 0 Å². The van der Waals surface area contributed by atoms with E-state index in [0.29, 0.717) is 6.54 Å². The van der Waals surface area contributed by atoms with Gasteiger partial charge in [-0.25, -0.2) is 4.39 Å². The number of piperidine rings is 1. The van der Waals surface area contributed by atoms with Gasteiger partial charge in [0.25, 0.3) is 0 Å². The SMILES string of the molecule is CCC1=C(C)[C@@]2(CCN(C)C[C@@H]2F)O[C@H]1C. The fourth-order valence-electron chi connectivity index (χ4n) is 3.19. The topological polar surface area (TPSA) is 12.5 Å². The average molecular weight is 227 g/mol. The molecule has 0 radical (unpaired) electrons. The molecule has 1 saturated heterocycles. The van der Waals surface area contributed by atoms with Crippen molar-refractivity contribution in [1.29, 1.82) is 0 Å². The first-order valence-electron chi connectivity index (χ1n) is 6.21. The molecule has 92 valence electrons. The smallest absolute Gasteiger partial charge is 0.145 e. The molecule has 0 aliphatic carbocycles. The summed E-state index contributed by atoms with van der Waals surface area (Å²) in [4.78, 5) is 2.04. The Morgan fingerprint density at radius 2 is 2.25 bits per heavy atom. The summed E-state index contributed by atoms with van der Waals surface area (Å²) in [6, 6.07) is 0. The lowest BCUT2D eigenvalue weighted by Crippen LogP contribution is -2.53. The van der Waals surface area contributed by atoms with E-state index in [2.05, 4.69) is 13.8 Å². The van der Waals surface area contributed by atoms with Crippen LogP contribution < -0.4 is 0 Å². The third kappa shape index (κ3) is 1.61. The summed E-state index contributed by atoms with van der Waals surface area (Å²) in [6.45, 7) is 7.63. The van der Waals surface area contributed by atoms with Gasteiger partial charge in [-0.2, -0.15) is 0 Å². The second-order valence-corrected chi connectivity index (χ2v) is 5.13. The van der Waals surface area contributed by atoms with Crippen molar-refractivity contribution in [2.24, 2.45) is 0 Å². The molecule has 1 spiro atoms. The first-order chi connectivity index (χ1) is 7.51. The highest BCUT2D eigenvalue weighted by Gasteiger charge is 2.51. The minimum atomic E-state index is -0.891. The summed E-state index contributed by atoms with van der Waals surface area (Å²) < 4.78 is 20.3. The molecular weight excluding hydrogens is 205 g/mol. The van der Waals surface area contributed by atoms with Crippen LogP contribution in [0, 0.1) is 0 Å². The van der Waals surface area contributed by atoms with E-state index in [1.807, 2.05) is 18.9 Å². The largest absolute Gasteiger partial charge is 0.360 e. The summed E-state index contributed by atoms with van der Waals surface area (Å²) in [5, 5.41) is 0. The van der Waals surface area contributed by atoms with Crippen LogP contribution >= 0.6 is 0 Å². The average Bonchev–Trinajstić information content (AvgIpc) is 2.46. The number of hydrogen-bond acceptors (Lipinski definition) is 2. The number of alkyl halides is 1. The molecule has 2 heterocycles. The van der Waals surface area contributed by atoms with Crippen LogP contribution in [0.3, 0.4) is 0 Å². The molecule has 0 aromatic carbocycles. The standard InChI is InChI=1S/C13H22FNO/c1-5-11-9(2)13(16-10(11)3)6-7-15(4)8-12(13)14/h10,12H,5-8H2,1-4H3/t10-,12-,13+/m0/s1. The van der Waals surface area contributed by atoms with Gasteiger partial charge in [0.2, 0.25) is 0 Å². The Kier molecular flexibility index (Phi) is 3.10. The molecule has 16 heavy (non-hydrogen) atoms. The van der Waals surface area contributed by atoms with Crippen LogP contribution in [0.5, 0.6) is 0 Å². The van der Waals surface area contributed by atoms with E-state index < -0.39 is 11.8 Å². The van der Waals surface area contributed by atoms with Crippen molar-refractivity contribution in [3.8, 4) is 0 Å². The van der Waals surface area contributed by atoms with Crippen molar-refractivity contribution in [2.45, 2.75) is 51.5 Å². The van der Waals surface area contributed by atoms with Gasteiger partial charge in [0.05, 0.1) is 6.10 Å². The van der Waals surface area contributed by atoms with Gasteiger partial charge in [-0.1, -0.05) is 6.92 Å². The first kappa shape index (κ1) is 12.1. The Morgan fingerprint density at radius 3 is 2.75 bits per heavy atom. The zero-order valence-electron chi connectivity index (χ0n) is 10.7. The number of halogens is 1. The predicted molar refractivity (Wildman–Crippen MR) is 63.3 cm³/mol. The molecule has 0 saturated carbocycles. The van der Waals surface area contributed by atoms with E-state index in [9.17, 15) is 4.39 Å². The highest BCUT2D eigenvalue weighted by atomic mass is 19.1. The lowest BCUT2D eigenvalue weighted by atomic mass is 9.82. The van der Waals surface area contributed by atoms with Crippen LogP contribution in [0.1, 0.15) is 33.6 Å². The Balaban J connectivity index is 2.30. The summed E-state index contributed by atoms with van der Waals surface area (Å²) >= 11 is 0. The maximum Gasteiger partial charge on any atom is 0.145 e. The first-order valence-corrected chi connectivity index (χ1v) is 6.21. The zero-order chi connectivity index (χ0) is 11.9. The van der Waals surface area contributed by atoms with Crippen molar-refractivity contribution in [2.75, 3.05) is 20.1 Å². The van der Waals surface area contributed by atoms with E-state index in [4.69, 9.17) is 4.74 Å². The van der Waals surface area contributed by atoms with Gasteiger partial charge >= 0.3 is 0 Å². The quantitative estimate of drug-likeness (QED) is 0.638. The van der Waals surface area contributed by atoms with Crippen LogP contribution in [0.2, 0.25) is 0 Å². The molecule has 0 unspecified atom stereocenters. The highest BCUT2D eigenvalue weighted by molar-refractivity contribution is 5.33. The molecule has 2 aliphatic heterocycles. The fourth-order valence-corrected chi connectivity index (χ4v) is 3.19. The lowest BCUT2D eigenvalue weighted by molar-refractivity contribution is -0.106. The zero-order valence-corrected chi connectivity index (χ0v) is 10.7. The van der Waals surface area contributed by atoms with Crippen molar-refractivity contribution < 1.29 is 9.13 Å². The maximum atomic E-state index is 14.3. The van der Waals surface area contributed by atoms with E-state index in [-0.39, 0.29) is 6.10 Å². The Bertz CT molecular complexity index is 315. The summed E-state index contributed by atoms with van der Waals surface area (Å²) in [5.74, 6) is 0. The van der Waals surface area contributed by atoms with Crippen molar-refractivity contribution >= 4 is 0 Å². The third-order valence-corrected chi connectivity index (χ3v) is 4.22. The lowest BCUT2D eigenvalue weighted by Gasteiger charge is -2.41. The van der Waals surface area contributed by atoms with Gasteiger partial charge in [0, 0.05) is 13.1 Å². The van der Waals surface area contributed by atoms with Gasteiger partial charge in [-0.3, -0.25) is 0 Å². The third-order valence-electron chi connectivity index (χ3n) is 4.22. The van der Waals surface area contributed by atoms with E-state index in [1.165, 1.54) is 5.57 Å². The van der Waals surface area contributed by atoms with E-state index in [1.54, 1.807) is 0 Å². The molecule has 0 aromatic rings. The van der Waals surface area contributed by atoms with Crippen molar-refractivity contribution in [1.82, 2.24) is 4.90 Å². The van der Waals surface area contributed by atoms with Gasteiger partial charge in [-0.15, -0.1) is 0 Å². The minimum Gasteiger partial charge on any atom is -0.360 e. The number of hydrogen-bond donors (Lipinski definition) is 0. The van der Waals surface area contributed by atoms with Crippen LogP contribution in [0.15, 0.2) is 11.1 Å². The monoisotopic (exact) mass is 227 g/mol. The number of ether oxygens (including phenoxy) is 1. The molecule has 2 aliphatic rings. The normalized spacial score (nSPS) is 41.1. The minimum absolute atomic E-state index is 0.0895. The molecule has 0 amide bonds. The number of rotatable bonds is 1. The highest BCUT2D eigenvalue weighted by Crippen LogP contribution is 2.44. The Morgan fingerprint density at radius 1 is 1.56 bits per heavy atom. The maximum absolute atomic E-state index is 14.3. The molecule has 0 bridgehead atoms. The van der Waals surface area contributed by atoms with Gasteiger partial charge in [0.1, 0.15) is 11.8 Å². The molecular formula is C13H22FNO. The summed E-state index contributed by atoms with van der Waals surface area (Å²) in [7, 11) is 1.97. The van der Waals surface area contributed by atoms with Crippen LogP contribution in [0.25, 0.3) is 0 Å². The summed E-state index contributed by atoms with van der Waals surface area (Å²) in [6.07, 6.45) is 0.950. The number of nitrogens with zero attached hydrogens (tertiary/aromatic N) is 1. The molecule has 0 aromatic heterocycles. The molecule has 2 nitrogen and oxygen atoms in total. The predicted octanol–water partition coefficient (Wildman–Crippen LogP) is 2.54. The number of likely N-dealkylation sites (tertiary alicyclic amines) is 1. The second-order valence-electron chi connectivity index (χ2n) is 5.13. The second kappa shape index (κ2) is 4.11. The van der Waals surface area contributed by atoms with E-state index in [0.717, 1.165) is 25.0 Å². The van der Waals surface area contributed by atoms with Crippen LogP contribution in [-0.2, 0) is 4.74 Å². The van der Waals surface area contributed by atoms with Crippen LogP contribution in [0.4, 0.5) is 4.39 Å². The van der Waals surface area contributed by atoms with Gasteiger partial charge < -0.3 is 9.64 Å². The van der Waals surface area contributed by atoms with Crippen LogP contribution in [-0.4, -0.2) is 42.9 Å². The van der Waals surface area contributed by atoms with Gasteiger partial charge in [0.15, 0.2) is 0 Å². The van der Waals surface area contributed by atoms with Crippen molar-refractivity contribution in [3.05, 3.63) is 11.1 Å². The summed E-state index contributed by atoms with van der Waals surface area (Å²) in [5.41, 5.74) is 1.84. The molecule has 0 N–H and O–H groups in total. The van der Waals surface area contributed by atoms with E-state index >= 15 is 0 Å². The van der Waals surface area contributed by atoms with Gasteiger partial charge in [-0.05, 0) is 44.9 Å². The molecule has 1 fully saturated rings. The Hall–Kier alpha value is -0.410. The Labute approximate surface area is 97.5 Å².